The highest BCUT2D eigenvalue weighted by Crippen LogP contribution is 2.59. The van der Waals surface area contributed by atoms with E-state index < -0.39 is 87.3 Å². The first kappa shape index (κ1) is 29.8. The predicted octanol–water partition coefficient (Wildman–Crippen LogP) is 4.62. The lowest BCUT2D eigenvalue weighted by Crippen LogP contribution is -2.64. The summed E-state index contributed by atoms with van der Waals surface area (Å²) in [7, 11) is -8.39. The zero-order valence-corrected chi connectivity index (χ0v) is 24.2. The smallest absolute Gasteiger partial charge is 0.416 e. The molecule has 3 heterocycles. The number of likely N-dealkylation sites (tertiary alicyclic amines) is 1. The molecule has 0 bridgehead atoms. The van der Waals surface area contributed by atoms with Gasteiger partial charge in [-0.25, -0.2) is 30.3 Å². The standard InChI is InChI=1S/C28H31F5N2O5S2/c29-22-7-8-23(30)26-25(22)27(41(36,37)18-5-3-17(4-6-18)28(31,32)33)11-9-24-20(21(27)16-40-26)15-19(42(38,39)34-24)10-14-35-12-1-2-13-35/h3-8,19-21,24,34H,1-2,9-16H2/t19?,20-,21-,24+,27-/m0/s1. The molecule has 0 amide bonds. The van der Waals surface area contributed by atoms with Gasteiger partial charge < -0.3 is 9.64 Å². The van der Waals surface area contributed by atoms with Gasteiger partial charge in [0.05, 0.1) is 27.9 Å². The molecular weight excluding hydrogens is 603 g/mol. The van der Waals surface area contributed by atoms with Crippen LogP contribution >= 0.6 is 0 Å². The van der Waals surface area contributed by atoms with E-state index in [2.05, 4.69) is 9.62 Å². The number of fused-ring (bicyclic) bond motifs is 5. The number of alkyl halides is 3. The van der Waals surface area contributed by atoms with Crippen LogP contribution in [-0.2, 0) is 30.8 Å². The molecule has 42 heavy (non-hydrogen) atoms. The molecule has 2 saturated heterocycles. The number of sulfone groups is 1. The third kappa shape index (κ3) is 4.72. The Hall–Kier alpha value is -2.29. The number of nitrogens with one attached hydrogen (secondary N) is 1. The molecule has 5 atom stereocenters. The number of nitrogens with zero attached hydrogens (tertiary/aromatic N) is 1. The summed E-state index contributed by atoms with van der Waals surface area (Å²) in [5.74, 6) is -4.11. The first-order chi connectivity index (χ1) is 19.8. The molecule has 1 N–H and O–H groups in total. The van der Waals surface area contributed by atoms with Crippen molar-refractivity contribution in [2.45, 2.75) is 65.6 Å². The van der Waals surface area contributed by atoms with Crippen LogP contribution in [0.25, 0.3) is 0 Å². The summed E-state index contributed by atoms with van der Waals surface area (Å²) in [6.07, 6.45) is -2.49. The molecule has 3 fully saturated rings. The third-order valence-corrected chi connectivity index (χ3v) is 14.1. The number of halogens is 5. The fraction of sp³-hybridized carbons (Fsp3) is 0.571. The van der Waals surface area contributed by atoms with E-state index in [4.69, 9.17) is 4.74 Å². The number of hydrogen-bond acceptors (Lipinski definition) is 6. The Bertz CT molecular complexity index is 1580. The maximum Gasteiger partial charge on any atom is 0.416 e. The molecule has 230 valence electrons. The summed E-state index contributed by atoms with van der Waals surface area (Å²) >= 11 is 0. The summed E-state index contributed by atoms with van der Waals surface area (Å²) < 4.78 is 132. The highest BCUT2D eigenvalue weighted by molar-refractivity contribution is 7.92. The van der Waals surface area contributed by atoms with Crippen LogP contribution in [0.5, 0.6) is 5.75 Å². The van der Waals surface area contributed by atoms with Crippen LogP contribution in [0.3, 0.4) is 0 Å². The first-order valence-electron chi connectivity index (χ1n) is 14.0. The van der Waals surface area contributed by atoms with Crippen LogP contribution in [0, 0.1) is 23.5 Å². The maximum atomic E-state index is 15.7. The van der Waals surface area contributed by atoms with Crippen LogP contribution in [0.4, 0.5) is 22.0 Å². The molecule has 0 spiro atoms. The van der Waals surface area contributed by atoms with E-state index in [1.54, 1.807) is 0 Å². The van der Waals surface area contributed by atoms with E-state index in [0.29, 0.717) is 25.1 Å². The predicted molar refractivity (Wildman–Crippen MR) is 143 cm³/mol. The molecule has 7 nitrogen and oxygen atoms in total. The van der Waals surface area contributed by atoms with Crippen LogP contribution in [0.2, 0.25) is 0 Å². The van der Waals surface area contributed by atoms with Gasteiger partial charge in [-0.15, -0.1) is 0 Å². The fourth-order valence-electron chi connectivity index (χ4n) is 7.53. The normalized spacial score (nSPS) is 31.1. The van der Waals surface area contributed by atoms with Gasteiger partial charge in [0.15, 0.2) is 21.4 Å². The van der Waals surface area contributed by atoms with E-state index in [9.17, 15) is 34.4 Å². The topological polar surface area (TPSA) is 92.8 Å². The molecular formula is C28H31F5N2O5S2. The number of sulfonamides is 1. The van der Waals surface area contributed by atoms with Gasteiger partial charge in [-0.3, -0.25) is 0 Å². The van der Waals surface area contributed by atoms with Crippen molar-refractivity contribution in [1.82, 2.24) is 9.62 Å². The number of benzene rings is 2. The zero-order chi connectivity index (χ0) is 30.1. The van der Waals surface area contributed by atoms with Crippen molar-refractivity contribution >= 4 is 19.9 Å². The third-order valence-electron chi connectivity index (χ3n) is 9.58. The van der Waals surface area contributed by atoms with E-state index in [1.165, 1.54) is 0 Å². The lowest BCUT2D eigenvalue weighted by molar-refractivity contribution is -0.137. The Morgan fingerprint density at radius 2 is 1.69 bits per heavy atom. The minimum absolute atomic E-state index is 0.00843. The Morgan fingerprint density at radius 3 is 2.36 bits per heavy atom. The molecule has 0 aromatic heterocycles. The SMILES string of the molecule is O=S1(=O)N[C@@H]2CC[C@@]3(S(=O)(=O)c4ccc(C(F)(F)F)cc4)c4c(F)ccc(F)c4OC[C@H]3[C@@H]2CC1CCN1CCCC1. The van der Waals surface area contributed by atoms with E-state index in [0.717, 1.165) is 50.2 Å². The molecule has 2 aromatic rings. The highest BCUT2D eigenvalue weighted by atomic mass is 32.2. The Morgan fingerprint density at radius 1 is 1.02 bits per heavy atom. The van der Waals surface area contributed by atoms with Gasteiger partial charge in [0.1, 0.15) is 10.6 Å². The van der Waals surface area contributed by atoms with Crippen molar-refractivity contribution in [3.8, 4) is 5.75 Å². The Balaban J connectivity index is 1.45. The molecule has 1 saturated carbocycles. The Labute approximate surface area is 241 Å². The van der Waals surface area contributed by atoms with Crippen LogP contribution < -0.4 is 9.46 Å². The van der Waals surface area contributed by atoms with Gasteiger partial charge in [-0.2, -0.15) is 13.2 Å². The summed E-state index contributed by atoms with van der Waals surface area (Å²) in [6.45, 7) is 1.98. The van der Waals surface area contributed by atoms with Crippen LogP contribution in [0.15, 0.2) is 41.3 Å². The molecule has 1 unspecified atom stereocenters. The van der Waals surface area contributed by atoms with Crippen LogP contribution in [-0.4, -0.2) is 59.3 Å². The first-order valence-corrected chi connectivity index (χ1v) is 17.1. The van der Waals surface area contributed by atoms with Gasteiger partial charge >= 0.3 is 6.18 Å². The quantitative estimate of drug-likeness (QED) is 0.483. The molecule has 1 aliphatic carbocycles. The highest BCUT2D eigenvalue weighted by Gasteiger charge is 2.64. The molecule has 0 radical (unpaired) electrons. The van der Waals surface area contributed by atoms with Crippen molar-refractivity contribution in [2.75, 3.05) is 26.2 Å². The second kappa shape index (κ2) is 10.4. The second-order valence-electron chi connectivity index (χ2n) is 11.7. The van der Waals surface area contributed by atoms with Crippen molar-refractivity contribution in [3.05, 3.63) is 59.2 Å². The average Bonchev–Trinajstić information content (AvgIpc) is 3.46. The summed E-state index contributed by atoms with van der Waals surface area (Å²) in [6, 6.07) is 3.97. The fourth-order valence-corrected chi connectivity index (χ4v) is 11.7. The number of hydrogen-bond donors (Lipinski definition) is 1. The van der Waals surface area contributed by atoms with E-state index in [-0.39, 0.29) is 25.9 Å². The van der Waals surface area contributed by atoms with Crippen LogP contribution in [0.1, 0.15) is 49.7 Å². The van der Waals surface area contributed by atoms with Gasteiger partial charge in [0.2, 0.25) is 10.0 Å². The minimum atomic E-state index is -4.70. The van der Waals surface area contributed by atoms with Gasteiger partial charge in [-0.05, 0) is 100 Å². The van der Waals surface area contributed by atoms with Gasteiger partial charge in [-0.1, -0.05) is 0 Å². The van der Waals surface area contributed by atoms with Gasteiger partial charge in [0.25, 0.3) is 0 Å². The number of ether oxygens (including phenoxy) is 1. The lowest BCUT2D eigenvalue weighted by Gasteiger charge is -2.55. The minimum Gasteiger partial charge on any atom is -0.490 e. The molecule has 3 aliphatic heterocycles. The summed E-state index contributed by atoms with van der Waals surface area (Å²) in [5, 5.41) is -0.831. The molecule has 2 aromatic carbocycles. The monoisotopic (exact) mass is 634 g/mol. The maximum absolute atomic E-state index is 15.7. The molecule has 6 rings (SSSR count). The van der Waals surface area contributed by atoms with Crippen molar-refractivity contribution in [3.63, 3.8) is 0 Å². The second-order valence-corrected chi connectivity index (χ2v) is 15.9. The van der Waals surface area contributed by atoms with Crippen molar-refractivity contribution < 1.29 is 43.5 Å². The molecule has 14 heteroatoms. The van der Waals surface area contributed by atoms with E-state index in [1.807, 2.05) is 0 Å². The summed E-state index contributed by atoms with van der Waals surface area (Å²) in [4.78, 5) is 1.72. The lowest BCUT2D eigenvalue weighted by atomic mass is 9.64. The Kier molecular flexibility index (Phi) is 7.38. The van der Waals surface area contributed by atoms with Crippen molar-refractivity contribution in [1.29, 1.82) is 0 Å². The van der Waals surface area contributed by atoms with Gasteiger partial charge in [0, 0.05) is 12.0 Å². The average molecular weight is 635 g/mol. The van der Waals surface area contributed by atoms with Crippen molar-refractivity contribution in [2.24, 2.45) is 11.8 Å². The number of rotatable bonds is 5. The largest absolute Gasteiger partial charge is 0.490 e. The molecule has 4 aliphatic rings. The zero-order valence-electron chi connectivity index (χ0n) is 22.5. The van der Waals surface area contributed by atoms with E-state index >= 15 is 4.39 Å². The summed E-state index contributed by atoms with van der Waals surface area (Å²) in [5.41, 5.74) is -1.54.